The fourth-order valence-electron chi connectivity index (χ4n) is 3.42. The third-order valence-electron chi connectivity index (χ3n) is 4.57. The molecule has 0 bridgehead atoms. The standard InChI is InChI=1S/C18H17ClF2N2O/c1-23-8-13(10-5-6-16(20)15(19)7-10)14(9-23)11-3-2-4-12(17(11)21)18(22)24/h2-7,13-14H,8-9H2,1H3,(H2,22,24)/t13-,14+/m0/s1. The van der Waals surface area contributed by atoms with Gasteiger partial charge in [-0.05, 0) is 36.4 Å². The van der Waals surface area contributed by atoms with Crippen molar-refractivity contribution in [1.29, 1.82) is 0 Å². The smallest absolute Gasteiger partial charge is 0.251 e. The summed E-state index contributed by atoms with van der Waals surface area (Å²) >= 11 is 5.90. The highest BCUT2D eigenvalue weighted by atomic mass is 35.5. The molecule has 24 heavy (non-hydrogen) atoms. The first kappa shape index (κ1) is 16.9. The minimum Gasteiger partial charge on any atom is -0.366 e. The van der Waals surface area contributed by atoms with E-state index in [0.29, 0.717) is 18.7 Å². The second-order valence-corrected chi connectivity index (χ2v) is 6.59. The van der Waals surface area contributed by atoms with Gasteiger partial charge in [0.25, 0.3) is 5.91 Å². The van der Waals surface area contributed by atoms with Crippen molar-refractivity contribution in [3.63, 3.8) is 0 Å². The van der Waals surface area contributed by atoms with E-state index in [4.69, 9.17) is 17.3 Å². The number of carbonyl (C=O) groups is 1. The number of hydrogen-bond donors (Lipinski definition) is 1. The van der Waals surface area contributed by atoms with Gasteiger partial charge in [0.2, 0.25) is 0 Å². The molecule has 2 N–H and O–H groups in total. The number of carbonyl (C=O) groups excluding carboxylic acids is 1. The Morgan fingerprint density at radius 1 is 1.21 bits per heavy atom. The Morgan fingerprint density at radius 2 is 1.92 bits per heavy atom. The molecule has 1 aliphatic heterocycles. The lowest BCUT2D eigenvalue weighted by atomic mass is 9.83. The van der Waals surface area contributed by atoms with Crippen molar-refractivity contribution in [2.75, 3.05) is 20.1 Å². The van der Waals surface area contributed by atoms with Crippen LogP contribution < -0.4 is 5.73 Å². The Hall–Kier alpha value is -1.98. The van der Waals surface area contributed by atoms with Crippen LogP contribution in [0.4, 0.5) is 8.78 Å². The highest BCUT2D eigenvalue weighted by Gasteiger charge is 2.35. The van der Waals surface area contributed by atoms with Crippen molar-refractivity contribution in [3.8, 4) is 0 Å². The minimum absolute atomic E-state index is 0.0483. The summed E-state index contributed by atoms with van der Waals surface area (Å²) in [6, 6.07) is 9.26. The number of nitrogens with two attached hydrogens (primary N) is 1. The van der Waals surface area contributed by atoms with Gasteiger partial charge in [-0.2, -0.15) is 0 Å². The molecule has 1 heterocycles. The fraction of sp³-hybridized carbons (Fsp3) is 0.278. The Balaban J connectivity index is 2.04. The summed E-state index contributed by atoms with van der Waals surface area (Å²) < 4.78 is 28.2. The zero-order valence-corrected chi connectivity index (χ0v) is 13.9. The first-order valence-electron chi connectivity index (χ1n) is 7.60. The predicted molar refractivity (Wildman–Crippen MR) is 89.3 cm³/mol. The van der Waals surface area contributed by atoms with Crippen LogP contribution in [0.1, 0.15) is 33.3 Å². The van der Waals surface area contributed by atoms with E-state index in [0.717, 1.165) is 5.56 Å². The van der Waals surface area contributed by atoms with Crippen LogP contribution in [0.15, 0.2) is 36.4 Å². The molecule has 3 nitrogen and oxygen atoms in total. The summed E-state index contributed by atoms with van der Waals surface area (Å²) in [5, 5.41) is 0.0483. The van der Waals surface area contributed by atoms with E-state index < -0.39 is 17.5 Å². The molecule has 0 unspecified atom stereocenters. The molecule has 126 valence electrons. The number of halogens is 3. The van der Waals surface area contributed by atoms with Crippen molar-refractivity contribution in [2.45, 2.75) is 11.8 Å². The average molecular weight is 351 g/mol. The lowest BCUT2D eigenvalue weighted by Gasteiger charge is -2.21. The van der Waals surface area contributed by atoms with Gasteiger partial charge in [0.1, 0.15) is 11.6 Å². The van der Waals surface area contributed by atoms with E-state index in [1.807, 2.05) is 7.05 Å². The van der Waals surface area contributed by atoms with E-state index in [1.165, 1.54) is 12.1 Å². The van der Waals surface area contributed by atoms with Gasteiger partial charge in [-0.1, -0.05) is 29.8 Å². The van der Waals surface area contributed by atoms with Gasteiger partial charge in [0.15, 0.2) is 0 Å². The molecule has 3 rings (SSSR count). The zero-order chi connectivity index (χ0) is 17.4. The maximum Gasteiger partial charge on any atom is 0.251 e. The third kappa shape index (κ3) is 3.01. The highest BCUT2D eigenvalue weighted by molar-refractivity contribution is 6.30. The minimum atomic E-state index is -0.790. The summed E-state index contributed by atoms with van der Waals surface area (Å²) in [4.78, 5) is 13.5. The van der Waals surface area contributed by atoms with E-state index in [-0.39, 0.29) is 22.4 Å². The molecule has 1 saturated heterocycles. The molecule has 0 saturated carbocycles. The molecule has 2 atom stereocenters. The van der Waals surface area contributed by atoms with Gasteiger partial charge in [-0.15, -0.1) is 0 Å². The number of benzene rings is 2. The van der Waals surface area contributed by atoms with Gasteiger partial charge in [0, 0.05) is 24.9 Å². The molecule has 1 fully saturated rings. The summed E-state index contributed by atoms with van der Waals surface area (Å²) in [7, 11) is 1.94. The predicted octanol–water partition coefficient (Wildman–Crippen LogP) is 3.53. The molecule has 2 aromatic carbocycles. The number of nitrogens with zero attached hydrogens (tertiary/aromatic N) is 1. The van der Waals surface area contributed by atoms with E-state index >= 15 is 0 Å². The largest absolute Gasteiger partial charge is 0.366 e. The number of hydrogen-bond acceptors (Lipinski definition) is 2. The molecule has 0 aromatic heterocycles. The second kappa shape index (κ2) is 6.49. The summed E-state index contributed by atoms with van der Waals surface area (Å²) in [5.74, 6) is -2.07. The Bertz CT molecular complexity index is 797. The molecular formula is C18H17ClF2N2O. The quantitative estimate of drug-likeness (QED) is 0.920. The first-order valence-corrected chi connectivity index (χ1v) is 7.98. The Morgan fingerprint density at radius 3 is 2.58 bits per heavy atom. The van der Waals surface area contributed by atoms with E-state index in [2.05, 4.69) is 4.90 Å². The number of amides is 1. The van der Waals surface area contributed by atoms with Gasteiger partial charge in [-0.3, -0.25) is 4.79 Å². The molecule has 0 aliphatic carbocycles. The zero-order valence-electron chi connectivity index (χ0n) is 13.1. The molecule has 0 spiro atoms. The van der Waals surface area contributed by atoms with Gasteiger partial charge in [-0.25, -0.2) is 8.78 Å². The number of rotatable bonds is 3. The van der Waals surface area contributed by atoms with Gasteiger partial charge >= 0.3 is 0 Å². The SMILES string of the molecule is CN1C[C@H](c2cccc(C(N)=O)c2F)[C@H](c2ccc(F)c(Cl)c2)C1. The molecule has 0 radical (unpaired) electrons. The van der Waals surface area contributed by atoms with Crippen LogP contribution in [-0.4, -0.2) is 30.9 Å². The molecule has 1 aliphatic rings. The highest BCUT2D eigenvalue weighted by Crippen LogP contribution is 2.41. The molecule has 1 amide bonds. The topological polar surface area (TPSA) is 46.3 Å². The van der Waals surface area contributed by atoms with E-state index in [9.17, 15) is 13.6 Å². The van der Waals surface area contributed by atoms with Crippen LogP contribution in [0.5, 0.6) is 0 Å². The summed E-state index contributed by atoms with van der Waals surface area (Å²) in [6.07, 6.45) is 0. The maximum absolute atomic E-state index is 14.7. The molecule has 6 heteroatoms. The lowest BCUT2D eigenvalue weighted by Crippen LogP contribution is -2.17. The van der Waals surface area contributed by atoms with Crippen molar-refractivity contribution in [1.82, 2.24) is 4.90 Å². The van der Waals surface area contributed by atoms with Crippen molar-refractivity contribution < 1.29 is 13.6 Å². The van der Waals surface area contributed by atoms with Crippen molar-refractivity contribution >= 4 is 17.5 Å². The van der Waals surface area contributed by atoms with Crippen LogP contribution in [0, 0.1) is 11.6 Å². The fourth-order valence-corrected chi connectivity index (χ4v) is 3.61. The van der Waals surface area contributed by atoms with Crippen molar-refractivity contribution in [3.05, 3.63) is 69.7 Å². The Kier molecular flexibility index (Phi) is 4.56. The van der Waals surface area contributed by atoms with Gasteiger partial charge in [0.05, 0.1) is 10.6 Å². The number of primary amides is 1. The summed E-state index contributed by atoms with van der Waals surface area (Å²) in [5.41, 5.74) is 6.42. The average Bonchev–Trinajstić information content (AvgIpc) is 2.91. The normalized spacial score (nSPS) is 21.2. The molecular weight excluding hydrogens is 334 g/mol. The molecule has 2 aromatic rings. The van der Waals surface area contributed by atoms with Crippen LogP contribution >= 0.6 is 11.6 Å². The van der Waals surface area contributed by atoms with E-state index in [1.54, 1.807) is 24.3 Å². The van der Waals surface area contributed by atoms with Crippen LogP contribution in [-0.2, 0) is 0 Å². The van der Waals surface area contributed by atoms with Crippen LogP contribution in [0.3, 0.4) is 0 Å². The summed E-state index contributed by atoms with van der Waals surface area (Å²) in [6.45, 7) is 1.31. The van der Waals surface area contributed by atoms with Crippen molar-refractivity contribution in [2.24, 2.45) is 5.73 Å². The number of likely N-dealkylation sites (tertiary alicyclic amines) is 1. The first-order chi connectivity index (χ1) is 11.4. The Labute approximate surface area is 144 Å². The number of likely N-dealkylation sites (N-methyl/N-ethyl adjacent to an activating group) is 1. The maximum atomic E-state index is 14.7. The van der Waals surface area contributed by atoms with Crippen LogP contribution in [0.25, 0.3) is 0 Å². The third-order valence-corrected chi connectivity index (χ3v) is 4.86. The second-order valence-electron chi connectivity index (χ2n) is 6.18. The van der Waals surface area contributed by atoms with Gasteiger partial charge < -0.3 is 10.6 Å². The van der Waals surface area contributed by atoms with Crippen LogP contribution in [0.2, 0.25) is 5.02 Å². The lowest BCUT2D eigenvalue weighted by molar-refractivity contribution is 0.0996. The monoisotopic (exact) mass is 350 g/mol.